The second-order valence-corrected chi connectivity index (χ2v) is 16.4. The van der Waals surface area contributed by atoms with Crippen molar-refractivity contribution >= 4 is 107 Å². The molecule has 0 fully saturated rings. The van der Waals surface area contributed by atoms with Gasteiger partial charge in [0.05, 0.1) is 48.4 Å². The van der Waals surface area contributed by atoms with Crippen molar-refractivity contribution in [3.05, 3.63) is 169 Å². The number of halogens is 2. The van der Waals surface area contributed by atoms with Crippen molar-refractivity contribution in [1.82, 2.24) is 9.13 Å². The highest BCUT2D eigenvalue weighted by molar-refractivity contribution is 7.27. The van der Waals surface area contributed by atoms with Crippen LogP contribution in [0.1, 0.15) is 5.56 Å². The monoisotopic (exact) mass is 746 g/mol. The molecule has 0 amide bonds. The van der Waals surface area contributed by atoms with E-state index in [1.807, 2.05) is 23.5 Å². The Morgan fingerprint density at radius 2 is 0.891 bits per heavy atom. The van der Waals surface area contributed by atoms with Gasteiger partial charge in [-0.25, -0.2) is 8.78 Å². The van der Waals surface area contributed by atoms with Gasteiger partial charge in [0.25, 0.3) is 0 Å². The SMILES string of the molecule is Cc1c(-n2c3ccccc3c3ccc4c5ccccc5sc4c32)ccc(-c2c(F)cccc2F)c1-n1c2ccccc2c2ccc3c4ccccc4sc3c21. The summed E-state index contributed by atoms with van der Waals surface area (Å²) >= 11 is 3.58. The summed E-state index contributed by atoms with van der Waals surface area (Å²) in [5, 5.41) is 9.34. The van der Waals surface area contributed by atoms with Gasteiger partial charge in [-0.15, -0.1) is 22.7 Å². The number of hydrogen-bond donors (Lipinski definition) is 0. The molecule has 0 aliphatic heterocycles. The van der Waals surface area contributed by atoms with Crippen molar-refractivity contribution in [2.24, 2.45) is 0 Å². The second-order valence-electron chi connectivity index (χ2n) is 14.3. The number of aromatic nitrogens is 2. The molecule has 0 saturated carbocycles. The van der Waals surface area contributed by atoms with Gasteiger partial charge in [0.15, 0.2) is 0 Å². The van der Waals surface area contributed by atoms with Crippen LogP contribution in [-0.4, -0.2) is 9.13 Å². The van der Waals surface area contributed by atoms with Gasteiger partial charge in [-0.3, -0.25) is 0 Å². The summed E-state index contributed by atoms with van der Waals surface area (Å²) in [6, 6.07) is 51.1. The zero-order valence-corrected chi connectivity index (χ0v) is 31.0. The zero-order valence-electron chi connectivity index (χ0n) is 29.4. The van der Waals surface area contributed by atoms with Crippen molar-refractivity contribution < 1.29 is 8.78 Å². The Bertz CT molecular complexity index is 3580. The zero-order chi connectivity index (χ0) is 36.5. The number of fused-ring (bicyclic) bond motifs is 14. The molecule has 12 aromatic rings. The largest absolute Gasteiger partial charge is 0.307 e. The summed E-state index contributed by atoms with van der Waals surface area (Å²) in [7, 11) is 0. The smallest absolute Gasteiger partial charge is 0.134 e. The molecular formula is C49H28F2N2S2. The molecule has 0 aliphatic rings. The fourth-order valence-corrected chi connectivity index (χ4v) is 11.6. The molecule has 55 heavy (non-hydrogen) atoms. The van der Waals surface area contributed by atoms with Crippen LogP contribution in [0.15, 0.2) is 152 Å². The molecule has 4 aromatic heterocycles. The third kappa shape index (κ3) is 4.15. The number of hydrogen-bond acceptors (Lipinski definition) is 2. The van der Waals surface area contributed by atoms with Gasteiger partial charge in [0.2, 0.25) is 0 Å². The maximum Gasteiger partial charge on any atom is 0.134 e. The van der Waals surface area contributed by atoms with Gasteiger partial charge in [-0.05, 0) is 61.0 Å². The van der Waals surface area contributed by atoms with E-state index in [-0.39, 0.29) is 5.56 Å². The summed E-state index contributed by atoms with van der Waals surface area (Å²) in [6.45, 7) is 2.12. The Balaban J connectivity index is 1.29. The lowest BCUT2D eigenvalue weighted by molar-refractivity contribution is 0.589. The number of nitrogens with zero attached hydrogens (tertiary/aromatic N) is 2. The van der Waals surface area contributed by atoms with Gasteiger partial charge >= 0.3 is 0 Å². The topological polar surface area (TPSA) is 9.86 Å². The molecule has 2 nitrogen and oxygen atoms in total. The standard InChI is InChI=1S/C49H28F2N2S2/c1-27-39(52-40-17-6-2-11-28(40)32-21-23-34-30-13-4-8-19-42(30)54-48(34)46(32)52)26-25-36(44-37(50)15-10-16-38(44)51)45(27)53-41-18-7-3-12-29(41)33-22-24-35-31-14-5-9-20-43(31)55-49(35)47(33)53/h2-26H,1H3. The third-order valence-corrected chi connectivity index (χ3v) is 13.8. The van der Waals surface area contributed by atoms with Crippen LogP contribution in [0.3, 0.4) is 0 Å². The van der Waals surface area contributed by atoms with Crippen molar-refractivity contribution in [2.45, 2.75) is 6.92 Å². The molecule has 0 spiro atoms. The van der Waals surface area contributed by atoms with Crippen LogP contribution in [0.25, 0.3) is 106 Å². The van der Waals surface area contributed by atoms with Crippen molar-refractivity contribution in [3.63, 3.8) is 0 Å². The number of benzene rings is 8. The van der Waals surface area contributed by atoms with Crippen LogP contribution in [0.2, 0.25) is 0 Å². The predicted octanol–water partition coefficient (Wildman–Crippen LogP) is 14.9. The highest BCUT2D eigenvalue weighted by Crippen LogP contribution is 2.48. The number of thiophene rings is 2. The Morgan fingerprint density at radius 3 is 1.47 bits per heavy atom. The molecule has 4 heterocycles. The molecule has 8 aromatic carbocycles. The molecule has 12 rings (SSSR count). The molecule has 0 aliphatic carbocycles. The molecule has 0 bridgehead atoms. The van der Waals surface area contributed by atoms with E-state index in [9.17, 15) is 0 Å². The molecule has 0 atom stereocenters. The van der Waals surface area contributed by atoms with Crippen molar-refractivity contribution in [2.75, 3.05) is 0 Å². The first-order valence-corrected chi connectivity index (χ1v) is 20.0. The maximum atomic E-state index is 16.1. The lowest BCUT2D eigenvalue weighted by Crippen LogP contribution is -2.07. The van der Waals surface area contributed by atoms with Gasteiger partial charge in [-0.2, -0.15) is 0 Å². The highest BCUT2D eigenvalue weighted by atomic mass is 32.1. The van der Waals surface area contributed by atoms with Crippen LogP contribution < -0.4 is 0 Å². The second kappa shape index (κ2) is 11.3. The van der Waals surface area contributed by atoms with E-state index in [4.69, 9.17) is 0 Å². The van der Waals surface area contributed by atoms with E-state index in [2.05, 4.69) is 137 Å². The molecule has 0 radical (unpaired) electrons. The van der Waals surface area contributed by atoms with E-state index >= 15 is 8.78 Å². The van der Waals surface area contributed by atoms with Crippen molar-refractivity contribution in [3.8, 4) is 22.5 Å². The molecular weight excluding hydrogens is 719 g/mol. The van der Waals surface area contributed by atoms with Crippen molar-refractivity contribution in [1.29, 1.82) is 0 Å². The Hall–Kier alpha value is -6.34. The minimum atomic E-state index is -0.593. The molecule has 0 N–H and O–H groups in total. The Kier molecular flexibility index (Phi) is 6.40. The van der Waals surface area contributed by atoms with Crippen LogP contribution in [0.4, 0.5) is 8.78 Å². The maximum absolute atomic E-state index is 16.1. The predicted molar refractivity (Wildman–Crippen MR) is 231 cm³/mol. The minimum absolute atomic E-state index is 0.0317. The summed E-state index contributed by atoms with van der Waals surface area (Å²) in [4.78, 5) is 0. The first-order valence-electron chi connectivity index (χ1n) is 18.3. The third-order valence-electron chi connectivity index (χ3n) is 11.5. The molecule has 0 unspecified atom stereocenters. The Labute approximate surface area is 321 Å². The summed E-state index contributed by atoms with van der Waals surface area (Å²) in [5.74, 6) is -1.19. The lowest BCUT2D eigenvalue weighted by Gasteiger charge is -2.22. The number of rotatable bonds is 3. The van der Waals surface area contributed by atoms with E-state index in [1.54, 1.807) is 11.3 Å². The van der Waals surface area contributed by atoms with Crippen LogP contribution in [-0.2, 0) is 0 Å². The van der Waals surface area contributed by atoms with E-state index < -0.39 is 11.6 Å². The first-order chi connectivity index (χ1) is 27.1. The van der Waals surface area contributed by atoms with E-state index in [0.717, 1.165) is 59.9 Å². The molecule has 6 heteroatoms. The summed E-state index contributed by atoms with van der Waals surface area (Å²) < 4.78 is 41.7. The van der Waals surface area contributed by atoms with Gasteiger partial charge in [-0.1, -0.05) is 103 Å². The number of para-hydroxylation sites is 2. The highest BCUT2D eigenvalue weighted by Gasteiger charge is 2.27. The minimum Gasteiger partial charge on any atom is -0.307 e. The Morgan fingerprint density at radius 1 is 0.418 bits per heavy atom. The fraction of sp³-hybridized carbons (Fsp3) is 0.0204. The van der Waals surface area contributed by atoms with E-state index in [0.29, 0.717) is 5.56 Å². The quantitative estimate of drug-likeness (QED) is 0.170. The molecule has 0 saturated heterocycles. The van der Waals surface area contributed by atoms with Crippen LogP contribution in [0.5, 0.6) is 0 Å². The lowest BCUT2D eigenvalue weighted by atomic mass is 9.97. The average molecular weight is 747 g/mol. The summed E-state index contributed by atoms with van der Waals surface area (Å²) in [6.07, 6.45) is 0. The van der Waals surface area contributed by atoms with Crippen LogP contribution in [0, 0.1) is 18.6 Å². The average Bonchev–Trinajstić information content (AvgIpc) is 3.96. The molecule has 260 valence electrons. The fourth-order valence-electron chi connectivity index (χ4n) is 9.12. The van der Waals surface area contributed by atoms with E-state index in [1.165, 1.54) is 59.2 Å². The summed E-state index contributed by atoms with van der Waals surface area (Å²) in [5.41, 5.74) is 7.33. The van der Waals surface area contributed by atoms with Gasteiger partial charge in [0.1, 0.15) is 11.6 Å². The van der Waals surface area contributed by atoms with Gasteiger partial charge in [0, 0.05) is 58.1 Å². The normalized spacial score (nSPS) is 12.3. The van der Waals surface area contributed by atoms with Crippen LogP contribution >= 0.6 is 22.7 Å². The van der Waals surface area contributed by atoms with Gasteiger partial charge < -0.3 is 9.13 Å². The first kappa shape index (κ1) is 31.1.